The van der Waals surface area contributed by atoms with Crippen molar-refractivity contribution in [2.45, 2.75) is 45.2 Å². The molecule has 1 amide bonds. The van der Waals surface area contributed by atoms with Crippen molar-refractivity contribution in [2.24, 2.45) is 0 Å². The largest absolute Gasteiger partial charge is 0.464 e. The van der Waals surface area contributed by atoms with Gasteiger partial charge in [-0.25, -0.2) is 0 Å². The lowest BCUT2D eigenvalue weighted by Crippen LogP contribution is -2.46. The molecule has 1 aliphatic heterocycles. The molecule has 2 aromatic carbocycles. The van der Waals surface area contributed by atoms with Crippen molar-refractivity contribution in [3.8, 4) is 0 Å². The van der Waals surface area contributed by atoms with Crippen LogP contribution in [0.4, 0.5) is 0 Å². The maximum absolute atomic E-state index is 12.6. The maximum atomic E-state index is 12.6. The summed E-state index contributed by atoms with van der Waals surface area (Å²) in [6.07, 6.45) is 4.15. The molecule has 0 unspecified atom stereocenters. The minimum atomic E-state index is 0.0867. The molecule has 136 valence electrons. The number of hydrogen-bond donors (Lipinski definition) is 1. The van der Waals surface area contributed by atoms with Gasteiger partial charge in [-0.3, -0.25) is 4.79 Å². The van der Waals surface area contributed by atoms with Crippen LogP contribution in [0.2, 0.25) is 0 Å². The van der Waals surface area contributed by atoms with E-state index in [1.54, 1.807) is 6.26 Å². The summed E-state index contributed by atoms with van der Waals surface area (Å²) < 4.78 is 5.70. The Balaban J connectivity index is 1.48. The highest BCUT2D eigenvalue weighted by atomic mass is 16.3. The number of hydrogen-bond acceptors (Lipinski definition) is 3. The van der Waals surface area contributed by atoms with Crippen LogP contribution >= 0.6 is 0 Å². The van der Waals surface area contributed by atoms with Crippen LogP contribution in [0, 0.1) is 0 Å². The van der Waals surface area contributed by atoms with E-state index in [0.717, 1.165) is 47.9 Å². The zero-order valence-electron chi connectivity index (χ0n) is 15.5. The summed E-state index contributed by atoms with van der Waals surface area (Å²) in [5.41, 5.74) is 1.81. The normalized spacial score (nSPS) is 16.6. The summed E-state index contributed by atoms with van der Waals surface area (Å²) >= 11 is 0. The zero-order valence-corrected chi connectivity index (χ0v) is 15.5. The van der Waals surface area contributed by atoms with Crippen LogP contribution in [0.25, 0.3) is 21.7 Å². The SMILES string of the molecule is CC(C)N1CCC(NC(=O)Cc2coc3ccc4ccccc4c23)CC1. The Bertz CT molecular complexity index is 920. The van der Waals surface area contributed by atoms with Crippen molar-refractivity contribution >= 4 is 27.6 Å². The molecule has 4 rings (SSSR count). The molecule has 1 N–H and O–H groups in total. The lowest BCUT2D eigenvalue weighted by atomic mass is 10.0. The topological polar surface area (TPSA) is 45.5 Å². The molecule has 1 saturated heterocycles. The summed E-state index contributed by atoms with van der Waals surface area (Å²) in [4.78, 5) is 15.1. The fraction of sp³-hybridized carbons (Fsp3) is 0.409. The van der Waals surface area contributed by atoms with Crippen LogP contribution in [-0.2, 0) is 11.2 Å². The summed E-state index contributed by atoms with van der Waals surface area (Å²) in [6.45, 7) is 6.57. The molecule has 0 atom stereocenters. The Morgan fingerprint density at radius 2 is 1.96 bits per heavy atom. The standard InChI is InChI=1S/C22H26N2O2/c1-15(2)24-11-9-18(10-12-24)23-21(25)13-17-14-26-20-8-7-16-5-3-4-6-19(16)22(17)20/h3-8,14-15,18H,9-13H2,1-2H3,(H,23,25). The van der Waals surface area contributed by atoms with Crippen LogP contribution < -0.4 is 5.32 Å². The number of carbonyl (C=O) groups excluding carboxylic acids is 1. The number of nitrogens with zero attached hydrogens (tertiary/aromatic N) is 1. The van der Waals surface area contributed by atoms with Crippen molar-refractivity contribution in [1.82, 2.24) is 10.2 Å². The van der Waals surface area contributed by atoms with Crippen LogP contribution in [0.3, 0.4) is 0 Å². The Hall–Kier alpha value is -2.33. The van der Waals surface area contributed by atoms with Crippen molar-refractivity contribution < 1.29 is 9.21 Å². The van der Waals surface area contributed by atoms with E-state index in [0.29, 0.717) is 12.5 Å². The lowest BCUT2D eigenvalue weighted by Gasteiger charge is -2.34. The molecule has 1 aliphatic rings. The van der Waals surface area contributed by atoms with E-state index >= 15 is 0 Å². The smallest absolute Gasteiger partial charge is 0.224 e. The highest BCUT2D eigenvalue weighted by Crippen LogP contribution is 2.30. The monoisotopic (exact) mass is 350 g/mol. The Morgan fingerprint density at radius 1 is 1.19 bits per heavy atom. The summed E-state index contributed by atoms with van der Waals surface area (Å²) in [5.74, 6) is 0.0867. The van der Waals surface area contributed by atoms with E-state index in [1.807, 2.05) is 18.2 Å². The second kappa shape index (κ2) is 7.12. The lowest BCUT2D eigenvalue weighted by molar-refractivity contribution is -0.121. The Morgan fingerprint density at radius 3 is 2.73 bits per heavy atom. The van der Waals surface area contributed by atoms with Crippen LogP contribution in [-0.4, -0.2) is 36.0 Å². The summed E-state index contributed by atoms with van der Waals surface area (Å²) in [6, 6.07) is 13.2. The summed E-state index contributed by atoms with van der Waals surface area (Å²) in [7, 11) is 0. The van der Waals surface area contributed by atoms with Gasteiger partial charge in [-0.15, -0.1) is 0 Å². The minimum absolute atomic E-state index is 0.0867. The van der Waals surface area contributed by atoms with Crippen LogP contribution in [0.5, 0.6) is 0 Å². The molecule has 3 aromatic rings. The van der Waals surface area contributed by atoms with Gasteiger partial charge in [-0.05, 0) is 43.5 Å². The first-order chi connectivity index (χ1) is 12.6. The first kappa shape index (κ1) is 17.1. The quantitative estimate of drug-likeness (QED) is 0.770. The zero-order chi connectivity index (χ0) is 18.1. The summed E-state index contributed by atoms with van der Waals surface area (Å²) in [5, 5.41) is 6.60. The first-order valence-corrected chi connectivity index (χ1v) is 9.53. The van der Waals surface area contributed by atoms with Gasteiger partial charge in [0, 0.05) is 36.1 Å². The molecule has 2 heterocycles. The molecule has 1 aromatic heterocycles. The molecule has 4 heteroatoms. The van der Waals surface area contributed by atoms with Gasteiger partial charge in [0.15, 0.2) is 0 Å². The minimum Gasteiger partial charge on any atom is -0.464 e. The van der Waals surface area contributed by atoms with E-state index in [-0.39, 0.29) is 11.9 Å². The van der Waals surface area contributed by atoms with Gasteiger partial charge in [0.2, 0.25) is 5.91 Å². The Kier molecular flexibility index (Phi) is 4.68. The second-order valence-electron chi connectivity index (χ2n) is 7.57. The molecule has 0 aliphatic carbocycles. The van der Waals surface area contributed by atoms with Gasteiger partial charge in [0.1, 0.15) is 5.58 Å². The molecule has 0 bridgehead atoms. The van der Waals surface area contributed by atoms with Crippen molar-refractivity contribution in [3.05, 3.63) is 48.2 Å². The highest BCUT2D eigenvalue weighted by Gasteiger charge is 2.22. The van der Waals surface area contributed by atoms with Crippen LogP contribution in [0.1, 0.15) is 32.3 Å². The third-order valence-electron chi connectivity index (χ3n) is 5.52. The van der Waals surface area contributed by atoms with E-state index in [9.17, 15) is 4.79 Å². The van der Waals surface area contributed by atoms with Gasteiger partial charge in [-0.2, -0.15) is 0 Å². The Labute approximate surface area is 154 Å². The van der Waals surface area contributed by atoms with Gasteiger partial charge in [0.25, 0.3) is 0 Å². The van der Waals surface area contributed by atoms with Crippen molar-refractivity contribution in [1.29, 1.82) is 0 Å². The van der Waals surface area contributed by atoms with Crippen molar-refractivity contribution in [2.75, 3.05) is 13.1 Å². The molecule has 1 fully saturated rings. The molecular formula is C22H26N2O2. The number of furan rings is 1. The van der Waals surface area contributed by atoms with E-state index < -0.39 is 0 Å². The molecular weight excluding hydrogens is 324 g/mol. The van der Waals surface area contributed by atoms with Gasteiger partial charge in [-0.1, -0.05) is 30.3 Å². The van der Waals surface area contributed by atoms with E-state index in [1.165, 1.54) is 5.39 Å². The fourth-order valence-corrected chi connectivity index (χ4v) is 4.02. The molecule has 26 heavy (non-hydrogen) atoms. The molecule has 0 spiro atoms. The number of likely N-dealkylation sites (tertiary alicyclic amines) is 1. The van der Waals surface area contributed by atoms with E-state index in [4.69, 9.17) is 4.42 Å². The number of nitrogens with one attached hydrogen (secondary N) is 1. The molecule has 4 nitrogen and oxygen atoms in total. The fourth-order valence-electron chi connectivity index (χ4n) is 4.02. The highest BCUT2D eigenvalue weighted by molar-refractivity contribution is 6.08. The number of benzene rings is 2. The average Bonchev–Trinajstić information content (AvgIpc) is 3.05. The molecule has 0 saturated carbocycles. The second-order valence-corrected chi connectivity index (χ2v) is 7.57. The number of fused-ring (bicyclic) bond motifs is 3. The van der Waals surface area contributed by atoms with Gasteiger partial charge >= 0.3 is 0 Å². The number of carbonyl (C=O) groups is 1. The van der Waals surface area contributed by atoms with Crippen molar-refractivity contribution in [3.63, 3.8) is 0 Å². The van der Waals surface area contributed by atoms with Gasteiger partial charge in [0.05, 0.1) is 12.7 Å². The van der Waals surface area contributed by atoms with Gasteiger partial charge < -0.3 is 14.6 Å². The number of rotatable bonds is 4. The third-order valence-corrected chi connectivity index (χ3v) is 5.52. The predicted octanol–water partition coefficient (Wildman–Crippen LogP) is 4.12. The molecule has 0 radical (unpaired) electrons. The maximum Gasteiger partial charge on any atom is 0.224 e. The first-order valence-electron chi connectivity index (χ1n) is 9.53. The average molecular weight is 350 g/mol. The number of amides is 1. The number of piperidine rings is 1. The van der Waals surface area contributed by atoms with E-state index in [2.05, 4.69) is 42.3 Å². The third kappa shape index (κ3) is 3.34. The predicted molar refractivity (Wildman–Crippen MR) is 105 cm³/mol. The van der Waals surface area contributed by atoms with Crippen LogP contribution in [0.15, 0.2) is 47.1 Å².